The van der Waals surface area contributed by atoms with E-state index in [2.05, 4.69) is 10.3 Å². The minimum atomic E-state index is -0.689. The summed E-state index contributed by atoms with van der Waals surface area (Å²) in [6, 6.07) is 14.2. The fourth-order valence-corrected chi connectivity index (χ4v) is 5.01. The maximum Gasteiger partial charge on any atom is 0.337 e. The lowest BCUT2D eigenvalue weighted by Crippen LogP contribution is -2.40. The Balaban J connectivity index is 1.85. The Morgan fingerprint density at radius 1 is 1.13 bits per heavy atom. The van der Waals surface area contributed by atoms with Crippen molar-refractivity contribution in [2.45, 2.75) is 17.8 Å². The van der Waals surface area contributed by atoms with Gasteiger partial charge < -0.3 is 5.32 Å². The lowest BCUT2D eigenvalue weighted by atomic mass is 10.3. The van der Waals surface area contributed by atoms with Gasteiger partial charge in [0.25, 0.3) is 5.56 Å². The number of hydrogen-bond acceptors (Lipinski definition) is 6. The summed E-state index contributed by atoms with van der Waals surface area (Å²) in [6.07, 6.45) is 0. The average Bonchev–Trinajstić information content (AvgIpc) is 3.18. The number of anilines is 1. The van der Waals surface area contributed by atoms with Gasteiger partial charge in [-0.1, -0.05) is 49.0 Å². The molecule has 31 heavy (non-hydrogen) atoms. The number of carbonyl (C=O) groups is 1. The van der Waals surface area contributed by atoms with Crippen molar-refractivity contribution in [2.75, 3.05) is 11.1 Å². The average molecular weight is 457 g/mol. The molecule has 2 aromatic heterocycles. The Morgan fingerprint density at radius 3 is 2.55 bits per heavy atom. The van der Waals surface area contributed by atoms with Crippen LogP contribution in [0, 0.1) is 5.82 Å². The summed E-state index contributed by atoms with van der Waals surface area (Å²) >= 11 is 2.62. The molecule has 4 aromatic rings. The third-order valence-electron chi connectivity index (χ3n) is 4.40. The van der Waals surface area contributed by atoms with Crippen molar-refractivity contribution in [3.63, 3.8) is 0 Å². The molecular formula is C21H17FN4O3S2. The molecule has 0 saturated carbocycles. The van der Waals surface area contributed by atoms with Crippen LogP contribution in [0.3, 0.4) is 0 Å². The van der Waals surface area contributed by atoms with Gasteiger partial charge in [-0.25, -0.2) is 18.7 Å². The molecule has 2 aromatic carbocycles. The van der Waals surface area contributed by atoms with Crippen LogP contribution in [0.5, 0.6) is 0 Å². The van der Waals surface area contributed by atoms with E-state index in [1.807, 2.05) is 6.92 Å². The second-order valence-electron chi connectivity index (χ2n) is 6.44. The lowest BCUT2D eigenvalue weighted by molar-refractivity contribution is -0.116. The molecule has 0 radical (unpaired) electrons. The number of rotatable bonds is 6. The van der Waals surface area contributed by atoms with E-state index >= 15 is 0 Å². The van der Waals surface area contributed by atoms with Gasteiger partial charge in [-0.15, -0.1) is 11.3 Å². The molecule has 1 amide bonds. The molecule has 10 heteroatoms. The van der Waals surface area contributed by atoms with Gasteiger partial charge in [0.2, 0.25) is 5.91 Å². The zero-order valence-corrected chi connectivity index (χ0v) is 18.0. The summed E-state index contributed by atoms with van der Waals surface area (Å²) < 4.78 is 17.0. The summed E-state index contributed by atoms with van der Waals surface area (Å²) in [5.74, 6) is -0.451. The van der Waals surface area contributed by atoms with E-state index in [0.29, 0.717) is 10.0 Å². The molecule has 0 aliphatic heterocycles. The molecule has 0 saturated heterocycles. The first-order chi connectivity index (χ1) is 15.0. The molecule has 0 aliphatic carbocycles. The fourth-order valence-electron chi connectivity index (χ4n) is 3.04. The third kappa shape index (κ3) is 4.17. The quantitative estimate of drug-likeness (QED) is 0.449. The summed E-state index contributed by atoms with van der Waals surface area (Å²) in [5.41, 5.74) is -0.635. The van der Waals surface area contributed by atoms with Crippen LogP contribution in [0.15, 0.2) is 68.5 Å². The number of para-hydroxylation sites is 2. The summed E-state index contributed by atoms with van der Waals surface area (Å²) in [7, 11) is 0. The van der Waals surface area contributed by atoms with E-state index in [4.69, 9.17) is 0 Å². The Hall–Kier alpha value is -3.24. The highest BCUT2D eigenvalue weighted by Gasteiger charge is 2.21. The number of thioether (sulfide) groups is 1. The van der Waals surface area contributed by atoms with E-state index in [1.54, 1.807) is 36.4 Å². The van der Waals surface area contributed by atoms with Gasteiger partial charge in [-0.2, -0.15) is 0 Å². The van der Waals surface area contributed by atoms with Crippen molar-refractivity contribution < 1.29 is 9.18 Å². The predicted molar refractivity (Wildman–Crippen MR) is 121 cm³/mol. The molecule has 7 nitrogen and oxygen atoms in total. The van der Waals surface area contributed by atoms with Crippen LogP contribution in [0.25, 0.3) is 16.0 Å². The molecule has 0 aliphatic rings. The molecule has 0 unspecified atom stereocenters. The van der Waals surface area contributed by atoms with Crippen molar-refractivity contribution in [3.05, 3.63) is 81.3 Å². The number of nitrogens with one attached hydrogen (secondary N) is 1. The van der Waals surface area contributed by atoms with E-state index in [-0.39, 0.29) is 16.0 Å². The van der Waals surface area contributed by atoms with Gasteiger partial charge in [0.05, 0.1) is 11.4 Å². The number of carbonyl (C=O) groups excluding carboxylic acids is 1. The van der Waals surface area contributed by atoms with E-state index in [1.165, 1.54) is 41.3 Å². The summed E-state index contributed by atoms with van der Waals surface area (Å²) in [6.45, 7) is 1.53. The topological polar surface area (TPSA) is 86.0 Å². The molecule has 0 bridgehead atoms. The number of aromatic nitrogens is 3. The Labute approximate surface area is 184 Å². The zero-order chi connectivity index (χ0) is 22.0. The van der Waals surface area contributed by atoms with Crippen LogP contribution >= 0.6 is 23.1 Å². The molecule has 0 fully saturated rings. The van der Waals surface area contributed by atoms with Crippen LogP contribution in [-0.2, 0) is 11.3 Å². The van der Waals surface area contributed by atoms with Crippen molar-refractivity contribution >= 4 is 45.0 Å². The second-order valence-corrected chi connectivity index (χ2v) is 8.95. The van der Waals surface area contributed by atoms with E-state index in [9.17, 15) is 18.8 Å². The summed E-state index contributed by atoms with van der Waals surface area (Å²) in [5, 5.41) is 2.47. The molecule has 4 rings (SSSR count). The first kappa shape index (κ1) is 21.0. The maximum absolute atomic E-state index is 13.9. The SMILES string of the molecule is CCSc1nc2c(s1)c(=O)n(-c1ccccc1)c(=O)n2CC(=O)Nc1ccccc1F. The minimum absolute atomic E-state index is 0.00804. The standard InChI is InChI=1S/C21H17FN4O3S2/c1-2-30-20-24-18-17(31-20)19(28)26(13-8-4-3-5-9-13)21(29)25(18)12-16(27)23-15-11-7-6-10-14(15)22/h3-11H,2,12H2,1H3,(H,23,27). The monoisotopic (exact) mass is 456 g/mol. The van der Waals surface area contributed by atoms with Gasteiger partial charge in [-0.3, -0.25) is 14.2 Å². The van der Waals surface area contributed by atoms with Crippen molar-refractivity contribution in [2.24, 2.45) is 0 Å². The Kier molecular flexibility index (Phi) is 6.01. The Morgan fingerprint density at radius 2 is 1.84 bits per heavy atom. The van der Waals surface area contributed by atoms with Gasteiger partial charge in [0, 0.05) is 0 Å². The third-order valence-corrected chi connectivity index (χ3v) is 6.45. The number of amides is 1. The van der Waals surface area contributed by atoms with E-state index in [0.717, 1.165) is 14.9 Å². The Bertz CT molecular complexity index is 1380. The number of benzene rings is 2. The highest BCUT2D eigenvalue weighted by molar-refractivity contribution is 8.01. The second kappa shape index (κ2) is 8.86. The number of hydrogen-bond donors (Lipinski definition) is 1. The zero-order valence-electron chi connectivity index (χ0n) is 16.4. The molecule has 158 valence electrons. The van der Waals surface area contributed by atoms with Crippen molar-refractivity contribution in [1.82, 2.24) is 14.1 Å². The number of halogens is 1. The van der Waals surface area contributed by atoms with Crippen LogP contribution in [0.2, 0.25) is 0 Å². The van der Waals surface area contributed by atoms with Crippen molar-refractivity contribution in [3.8, 4) is 5.69 Å². The normalized spacial score (nSPS) is 11.0. The van der Waals surface area contributed by atoms with Gasteiger partial charge in [0.1, 0.15) is 17.1 Å². The predicted octanol–water partition coefficient (Wildman–Crippen LogP) is 3.50. The van der Waals surface area contributed by atoms with Gasteiger partial charge >= 0.3 is 5.69 Å². The van der Waals surface area contributed by atoms with Crippen LogP contribution < -0.4 is 16.6 Å². The molecule has 0 spiro atoms. The molecule has 2 heterocycles. The lowest BCUT2D eigenvalue weighted by Gasteiger charge is -2.12. The van der Waals surface area contributed by atoms with E-state index < -0.39 is 29.5 Å². The fraction of sp³-hybridized carbons (Fsp3) is 0.143. The molecular weight excluding hydrogens is 439 g/mol. The number of fused-ring (bicyclic) bond motifs is 1. The van der Waals surface area contributed by atoms with Gasteiger partial charge in [-0.05, 0) is 30.0 Å². The summed E-state index contributed by atoms with van der Waals surface area (Å²) in [4.78, 5) is 43.4. The van der Waals surface area contributed by atoms with Crippen LogP contribution in [-0.4, -0.2) is 25.8 Å². The van der Waals surface area contributed by atoms with Crippen LogP contribution in [0.4, 0.5) is 10.1 Å². The number of nitrogens with zero attached hydrogens (tertiary/aromatic N) is 3. The highest BCUT2D eigenvalue weighted by atomic mass is 32.2. The van der Waals surface area contributed by atoms with Gasteiger partial charge in [0.15, 0.2) is 9.99 Å². The molecule has 0 atom stereocenters. The smallest absolute Gasteiger partial charge is 0.322 e. The minimum Gasteiger partial charge on any atom is -0.322 e. The van der Waals surface area contributed by atoms with Crippen LogP contribution in [0.1, 0.15) is 6.92 Å². The molecule has 1 N–H and O–H groups in total. The van der Waals surface area contributed by atoms with Crippen molar-refractivity contribution in [1.29, 1.82) is 0 Å². The maximum atomic E-state index is 13.9. The highest BCUT2D eigenvalue weighted by Crippen LogP contribution is 2.27. The first-order valence-electron chi connectivity index (χ1n) is 9.38. The first-order valence-corrected chi connectivity index (χ1v) is 11.2. The number of thiazole rings is 1. The largest absolute Gasteiger partial charge is 0.337 e.